The van der Waals surface area contributed by atoms with Crippen molar-refractivity contribution < 1.29 is 0 Å². The number of hydrogen-bond donors (Lipinski definition) is 1. The largest absolute Gasteiger partial charge is 0.343 e. The third kappa shape index (κ3) is 5.84. The molecule has 0 aliphatic rings. The van der Waals surface area contributed by atoms with Gasteiger partial charge in [0, 0.05) is 5.69 Å². The van der Waals surface area contributed by atoms with E-state index >= 15 is 0 Å². The van der Waals surface area contributed by atoms with Gasteiger partial charge in [-0.25, -0.2) is 4.99 Å². The molecule has 156 valence electrons. The standard InChI is InChI=1S/C28H26N2.ClH/c1-21-13-17-25(18-14-21)29-28(30-26-19-15-22(2)16-20-26)27(23-9-5-3-6-10-23)24-11-7-4-8-12-24;/h3-20,27H,1-2H3,(H,29,30);1H. The molecule has 4 aromatic carbocycles. The van der Waals surface area contributed by atoms with Gasteiger partial charge in [-0.3, -0.25) is 0 Å². The Bertz CT molecular complexity index is 1060. The first kappa shape index (κ1) is 22.3. The van der Waals surface area contributed by atoms with Crippen molar-refractivity contribution in [2.45, 2.75) is 19.8 Å². The molecule has 0 aliphatic carbocycles. The Hall–Kier alpha value is -3.36. The maximum Gasteiger partial charge on any atom is 0.119 e. The summed E-state index contributed by atoms with van der Waals surface area (Å²) < 4.78 is 0. The summed E-state index contributed by atoms with van der Waals surface area (Å²) in [5.74, 6) is 0.898. The van der Waals surface area contributed by atoms with Crippen LogP contribution >= 0.6 is 12.4 Å². The summed E-state index contributed by atoms with van der Waals surface area (Å²) in [7, 11) is 0. The van der Waals surface area contributed by atoms with E-state index in [1.807, 2.05) is 0 Å². The van der Waals surface area contributed by atoms with Gasteiger partial charge in [0.2, 0.25) is 0 Å². The van der Waals surface area contributed by atoms with Crippen LogP contribution in [-0.4, -0.2) is 5.84 Å². The Morgan fingerprint density at radius 1 is 0.613 bits per heavy atom. The molecule has 0 saturated carbocycles. The van der Waals surface area contributed by atoms with Crippen molar-refractivity contribution >= 4 is 29.6 Å². The van der Waals surface area contributed by atoms with Crippen LogP contribution in [-0.2, 0) is 0 Å². The fraction of sp³-hybridized carbons (Fsp3) is 0.107. The maximum atomic E-state index is 5.08. The molecule has 0 saturated heterocycles. The van der Waals surface area contributed by atoms with Gasteiger partial charge in [0.1, 0.15) is 5.84 Å². The number of aliphatic imine (C=N–C) groups is 1. The second kappa shape index (κ2) is 10.6. The molecule has 31 heavy (non-hydrogen) atoms. The summed E-state index contributed by atoms with van der Waals surface area (Å²) in [6, 6.07) is 37.9. The number of rotatable bonds is 5. The second-order valence-corrected chi connectivity index (χ2v) is 7.58. The highest BCUT2D eigenvalue weighted by atomic mass is 35.5. The highest BCUT2D eigenvalue weighted by Gasteiger charge is 2.21. The van der Waals surface area contributed by atoms with Crippen LogP contribution in [0.25, 0.3) is 0 Å². The van der Waals surface area contributed by atoms with Gasteiger partial charge in [0.05, 0.1) is 11.6 Å². The SMILES string of the molecule is Cc1ccc(N=C(Nc2ccc(C)cc2)C(c2ccccc2)c2ccccc2)cc1.Cl. The fourth-order valence-corrected chi connectivity index (χ4v) is 3.51. The monoisotopic (exact) mass is 426 g/mol. The lowest BCUT2D eigenvalue weighted by molar-refractivity contribution is 1.07. The molecule has 4 aromatic rings. The van der Waals surface area contributed by atoms with E-state index in [4.69, 9.17) is 4.99 Å². The lowest BCUT2D eigenvalue weighted by atomic mass is 9.90. The molecule has 0 bridgehead atoms. The van der Waals surface area contributed by atoms with Gasteiger partial charge in [0.25, 0.3) is 0 Å². The molecule has 3 heteroatoms. The van der Waals surface area contributed by atoms with Crippen molar-refractivity contribution in [1.82, 2.24) is 0 Å². The van der Waals surface area contributed by atoms with E-state index in [2.05, 4.69) is 128 Å². The Morgan fingerprint density at radius 3 is 1.55 bits per heavy atom. The number of hydrogen-bond acceptors (Lipinski definition) is 1. The Kier molecular flexibility index (Phi) is 7.64. The summed E-state index contributed by atoms with van der Waals surface area (Å²) in [5, 5.41) is 3.62. The molecule has 0 amide bonds. The smallest absolute Gasteiger partial charge is 0.119 e. The summed E-state index contributed by atoms with van der Waals surface area (Å²) in [6.45, 7) is 4.19. The Balaban J connectivity index is 0.00000272. The first-order chi connectivity index (χ1) is 14.7. The van der Waals surface area contributed by atoms with Crippen molar-refractivity contribution in [2.24, 2.45) is 4.99 Å². The zero-order valence-electron chi connectivity index (χ0n) is 17.8. The van der Waals surface area contributed by atoms with Gasteiger partial charge in [-0.2, -0.15) is 0 Å². The third-order valence-corrected chi connectivity index (χ3v) is 5.15. The fourth-order valence-electron chi connectivity index (χ4n) is 3.51. The summed E-state index contributed by atoms with van der Waals surface area (Å²) >= 11 is 0. The normalized spacial score (nSPS) is 11.1. The Labute approximate surface area is 191 Å². The predicted octanol–water partition coefficient (Wildman–Crippen LogP) is 7.70. The maximum absolute atomic E-state index is 5.08. The van der Waals surface area contributed by atoms with Crippen LogP contribution in [0.5, 0.6) is 0 Å². The topological polar surface area (TPSA) is 24.4 Å². The zero-order chi connectivity index (χ0) is 20.8. The van der Waals surface area contributed by atoms with E-state index in [0.29, 0.717) is 0 Å². The molecule has 0 spiro atoms. The van der Waals surface area contributed by atoms with Crippen LogP contribution in [0.2, 0.25) is 0 Å². The van der Waals surface area contributed by atoms with Crippen LogP contribution in [0.1, 0.15) is 28.2 Å². The molecule has 0 heterocycles. The van der Waals surface area contributed by atoms with Crippen molar-refractivity contribution in [3.05, 3.63) is 131 Å². The number of nitrogens with one attached hydrogen (secondary N) is 1. The second-order valence-electron chi connectivity index (χ2n) is 7.58. The van der Waals surface area contributed by atoms with Crippen LogP contribution in [0.15, 0.2) is 114 Å². The minimum absolute atomic E-state index is 0. The van der Waals surface area contributed by atoms with E-state index in [1.165, 1.54) is 22.3 Å². The van der Waals surface area contributed by atoms with Gasteiger partial charge in [-0.05, 0) is 49.2 Å². The first-order valence-electron chi connectivity index (χ1n) is 10.3. The third-order valence-electron chi connectivity index (χ3n) is 5.15. The molecule has 0 unspecified atom stereocenters. The number of anilines is 1. The summed E-state index contributed by atoms with van der Waals surface area (Å²) in [4.78, 5) is 5.08. The van der Waals surface area contributed by atoms with Crippen LogP contribution in [0, 0.1) is 13.8 Å². The van der Waals surface area contributed by atoms with E-state index < -0.39 is 0 Å². The number of benzene rings is 4. The average molecular weight is 427 g/mol. The lowest BCUT2D eigenvalue weighted by Gasteiger charge is -2.22. The van der Waals surface area contributed by atoms with E-state index in [9.17, 15) is 0 Å². The van der Waals surface area contributed by atoms with Crippen LogP contribution < -0.4 is 5.32 Å². The van der Waals surface area contributed by atoms with Crippen LogP contribution in [0.4, 0.5) is 11.4 Å². The van der Waals surface area contributed by atoms with Gasteiger partial charge >= 0.3 is 0 Å². The number of amidine groups is 1. The molecule has 0 radical (unpaired) electrons. The molecule has 1 N–H and O–H groups in total. The predicted molar refractivity (Wildman–Crippen MR) is 135 cm³/mol. The van der Waals surface area contributed by atoms with E-state index in [-0.39, 0.29) is 18.3 Å². The molecule has 0 atom stereocenters. The van der Waals surface area contributed by atoms with E-state index in [0.717, 1.165) is 17.2 Å². The van der Waals surface area contributed by atoms with Gasteiger partial charge in [-0.1, -0.05) is 96.1 Å². The van der Waals surface area contributed by atoms with E-state index in [1.54, 1.807) is 0 Å². The van der Waals surface area contributed by atoms with Crippen molar-refractivity contribution in [2.75, 3.05) is 5.32 Å². The molecular weight excluding hydrogens is 400 g/mol. The number of aryl methyl sites for hydroxylation is 2. The lowest BCUT2D eigenvalue weighted by Crippen LogP contribution is -2.22. The molecule has 4 rings (SSSR count). The van der Waals surface area contributed by atoms with Crippen molar-refractivity contribution in [3.8, 4) is 0 Å². The van der Waals surface area contributed by atoms with Gasteiger partial charge in [-0.15, -0.1) is 12.4 Å². The van der Waals surface area contributed by atoms with Gasteiger partial charge < -0.3 is 5.32 Å². The van der Waals surface area contributed by atoms with Gasteiger partial charge in [0.15, 0.2) is 0 Å². The molecule has 2 nitrogen and oxygen atoms in total. The minimum Gasteiger partial charge on any atom is -0.343 e. The van der Waals surface area contributed by atoms with Crippen LogP contribution in [0.3, 0.4) is 0 Å². The Morgan fingerprint density at radius 2 is 1.06 bits per heavy atom. The number of nitrogens with zero attached hydrogens (tertiary/aromatic N) is 1. The summed E-state index contributed by atoms with van der Waals surface area (Å²) in [5.41, 5.74) is 6.84. The minimum atomic E-state index is -0.00462. The first-order valence-corrected chi connectivity index (χ1v) is 10.3. The van der Waals surface area contributed by atoms with Crippen molar-refractivity contribution in [1.29, 1.82) is 0 Å². The molecular formula is C28H27ClN2. The average Bonchev–Trinajstić information content (AvgIpc) is 2.78. The van der Waals surface area contributed by atoms with Crippen molar-refractivity contribution in [3.63, 3.8) is 0 Å². The zero-order valence-corrected chi connectivity index (χ0v) is 18.6. The molecule has 0 aliphatic heterocycles. The summed E-state index contributed by atoms with van der Waals surface area (Å²) in [6.07, 6.45) is 0. The quantitative estimate of drug-likeness (QED) is 0.256. The highest BCUT2D eigenvalue weighted by molar-refractivity contribution is 6.03. The number of halogens is 1. The highest BCUT2D eigenvalue weighted by Crippen LogP contribution is 2.29. The molecule has 0 fully saturated rings. The molecule has 0 aromatic heterocycles.